The average Bonchev–Trinajstić information content (AvgIpc) is 2.28. The minimum atomic E-state index is -0.00171. The zero-order valence-corrected chi connectivity index (χ0v) is 10.1. The van der Waals surface area contributed by atoms with E-state index < -0.39 is 0 Å². The van der Waals surface area contributed by atoms with Gasteiger partial charge in [-0.2, -0.15) is 0 Å². The van der Waals surface area contributed by atoms with E-state index in [0.717, 1.165) is 11.1 Å². The first-order valence-electron chi connectivity index (χ1n) is 5.25. The first-order chi connectivity index (χ1) is 7.54. The smallest absolute Gasteiger partial charge is 0.319 e. The number of hydrogen-bond acceptors (Lipinski definition) is 2. The van der Waals surface area contributed by atoms with Crippen LogP contribution in [0.15, 0.2) is 24.3 Å². The van der Waals surface area contributed by atoms with Gasteiger partial charge in [0.1, 0.15) is 0 Å². The van der Waals surface area contributed by atoms with Crippen molar-refractivity contribution in [3.63, 3.8) is 0 Å². The van der Waals surface area contributed by atoms with Crippen LogP contribution >= 0.6 is 0 Å². The van der Waals surface area contributed by atoms with E-state index >= 15 is 0 Å². The maximum atomic E-state index is 11.6. The Morgan fingerprint density at radius 2 is 1.88 bits per heavy atom. The van der Waals surface area contributed by atoms with Gasteiger partial charge in [-0.3, -0.25) is 0 Å². The van der Waals surface area contributed by atoms with Gasteiger partial charge in [0.25, 0.3) is 0 Å². The maximum Gasteiger partial charge on any atom is 0.319 e. The van der Waals surface area contributed by atoms with Gasteiger partial charge in [-0.05, 0) is 11.1 Å². The van der Waals surface area contributed by atoms with E-state index in [-0.39, 0.29) is 6.03 Å². The number of amides is 2. The molecule has 0 saturated carbocycles. The molecule has 2 N–H and O–H groups in total. The van der Waals surface area contributed by atoms with E-state index in [1.807, 2.05) is 24.3 Å². The van der Waals surface area contributed by atoms with Gasteiger partial charge in [0, 0.05) is 34.2 Å². The molecule has 0 radical (unpaired) electrons. The third kappa shape index (κ3) is 3.24. The summed E-state index contributed by atoms with van der Waals surface area (Å²) in [5, 5.41) is 0. The fraction of sp³-hybridized carbons (Fsp3) is 0.417. The number of hydrogen-bond donors (Lipinski definition) is 1. The fourth-order valence-electron chi connectivity index (χ4n) is 1.54. The van der Waals surface area contributed by atoms with Crippen molar-refractivity contribution in [3.05, 3.63) is 35.4 Å². The summed E-state index contributed by atoms with van der Waals surface area (Å²) in [5.74, 6) is 0. The molecule has 0 heterocycles. The van der Waals surface area contributed by atoms with Gasteiger partial charge in [0.05, 0.1) is 0 Å². The van der Waals surface area contributed by atoms with E-state index in [1.54, 1.807) is 30.9 Å². The van der Waals surface area contributed by atoms with Crippen LogP contribution in [0, 0.1) is 0 Å². The highest BCUT2D eigenvalue weighted by molar-refractivity contribution is 5.73. The molecule has 0 fully saturated rings. The number of nitrogens with two attached hydrogens (primary N) is 1. The number of urea groups is 1. The summed E-state index contributed by atoms with van der Waals surface area (Å²) in [5.41, 5.74) is 7.75. The molecule has 4 nitrogen and oxygen atoms in total. The first kappa shape index (κ1) is 12.5. The molecule has 1 aromatic carbocycles. The SMILES string of the molecule is CN(C)C(=O)N(C)Cc1cccc(CN)c1. The molecular weight excluding hydrogens is 202 g/mol. The second kappa shape index (κ2) is 5.51. The molecule has 0 spiro atoms. The van der Waals surface area contributed by atoms with Crippen LogP contribution in [0.4, 0.5) is 4.79 Å². The van der Waals surface area contributed by atoms with Crippen molar-refractivity contribution in [2.24, 2.45) is 5.73 Å². The Hall–Kier alpha value is -1.55. The molecule has 4 heteroatoms. The monoisotopic (exact) mass is 221 g/mol. The van der Waals surface area contributed by atoms with Crippen LogP contribution in [-0.2, 0) is 13.1 Å². The van der Waals surface area contributed by atoms with Gasteiger partial charge in [-0.1, -0.05) is 24.3 Å². The Bertz CT molecular complexity index is 363. The second-order valence-corrected chi connectivity index (χ2v) is 4.06. The number of carbonyl (C=O) groups is 1. The number of nitrogens with zero attached hydrogens (tertiary/aromatic N) is 2. The van der Waals surface area contributed by atoms with Gasteiger partial charge < -0.3 is 15.5 Å². The van der Waals surface area contributed by atoms with Gasteiger partial charge >= 0.3 is 6.03 Å². The predicted molar refractivity (Wildman–Crippen MR) is 64.9 cm³/mol. The van der Waals surface area contributed by atoms with Gasteiger partial charge in [0.2, 0.25) is 0 Å². The lowest BCUT2D eigenvalue weighted by molar-refractivity contribution is 0.180. The van der Waals surface area contributed by atoms with Crippen LogP contribution in [-0.4, -0.2) is 37.0 Å². The highest BCUT2D eigenvalue weighted by atomic mass is 16.2. The van der Waals surface area contributed by atoms with Crippen LogP contribution in [0.1, 0.15) is 11.1 Å². The zero-order chi connectivity index (χ0) is 12.1. The van der Waals surface area contributed by atoms with E-state index in [2.05, 4.69) is 0 Å². The van der Waals surface area contributed by atoms with E-state index in [1.165, 1.54) is 0 Å². The maximum absolute atomic E-state index is 11.6. The summed E-state index contributed by atoms with van der Waals surface area (Å²) in [6.45, 7) is 1.13. The van der Waals surface area contributed by atoms with Crippen LogP contribution in [0.25, 0.3) is 0 Å². The number of benzene rings is 1. The van der Waals surface area contributed by atoms with E-state index in [9.17, 15) is 4.79 Å². The Balaban J connectivity index is 2.69. The molecule has 2 amide bonds. The van der Waals surface area contributed by atoms with Crippen LogP contribution in [0.2, 0.25) is 0 Å². The molecule has 1 aromatic rings. The molecule has 0 aromatic heterocycles. The minimum absolute atomic E-state index is 0.00171. The minimum Gasteiger partial charge on any atom is -0.331 e. The molecule has 0 bridgehead atoms. The van der Waals surface area contributed by atoms with Crippen LogP contribution < -0.4 is 5.73 Å². The van der Waals surface area contributed by atoms with Gasteiger partial charge in [-0.15, -0.1) is 0 Å². The second-order valence-electron chi connectivity index (χ2n) is 4.06. The summed E-state index contributed by atoms with van der Waals surface area (Å²) in [7, 11) is 5.28. The predicted octanol–water partition coefficient (Wildman–Crippen LogP) is 1.26. The van der Waals surface area contributed by atoms with Crippen molar-refractivity contribution in [2.45, 2.75) is 13.1 Å². The summed E-state index contributed by atoms with van der Waals surface area (Å²) in [6, 6.07) is 7.97. The number of rotatable bonds is 3. The third-order valence-electron chi connectivity index (χ3n) is 2.36. The molecule has 1 rings (SSSR count). The Labute approximate surface area is 96.6 Å². The zero-order valence-electron chi connectivity index (χ0n) is 10.1. The van der Waals surface area contributed by atoms with Crippen LogP contribution in [0.3, 0.4) is 0 Å². The summed E-state index contributed by atoms with van der Waals surface area (Å²) in [4.78, 5) is 14.9. The summed E-state index contributed by atoms with van der Waals surface area (Å²) in [6.07, 6.45) is 0. The van der Waals surface area contributed by atoms with Gasteiger partial charge in [0.15, 0.2) is 0 Å². The van der Waals surface area contributed by atoms with Crippen molar-refractivity contribution in [2.75, 3.05) is 21.1 Å². The van der Waals surface area contributed by atoms with Crippen molar-refractivity contribution < 1.29 is 4.79 Å². The van der Waals surface area contributed by atoms with Crippen molar-refractivity contribution in [1.82, 2.24) is 9.80 Å². The Kier molecular flexibility index (Phi) is 4.31. The van der Waals surface area contributed by atoms with Crippen molar-refractivity contribution in [3.8, 4) is 0 Å². The highest BCUT2D eigenvalue weighted by Crippen LogP contribution is 2.07. The molecule has 16 heavy (non-hydrogen) atoms. The lowest BCUT2D eigenvalue weighted by atomic mass is 10.1. The topological polar surface area (TPSA) is 49.6 Å². The molecule has 0 aliphatic rings. The van der Waals surface area contributed by atoms with Crippen LogP contribution in [0.5, 0.6) is 0 Å². The van der Waals surface area contributed by atoms with Crippen molar-refractivity contribution in [1.29, 1.82) is 0 Å². The lowest BCUT2D eigenvalue weighted by Crippen LogP contribution is -2.35. The Morgan fingerprint density at radius 3 is 2.44 bits per heavy atom. The van der Waals surface area contributed by atoms with E-state index in [0.29, 0.717) is 13.1 Å². The quantitative estimate of drug-likeness (QED) is 0.835. The fourth-order valence-corrected chi connectivity index (χ4v) is 1.54. The molecule has 0 aliphatic carbocycles. The van der Waals surface area contributed by atoms with Crippen molar-refractivity contribution >= 4 is 6.03 Å². The first-order valence-corrected chi connectivity index (χ1v) is 5.25. The molecule has 0 aliphatic heterocycles. The molecule has 0 atom stereocenters. The molecule has 88 valence electrons. The Morgan fingerprint density at radius 1 is 1.25 bits per heavy atom. The molecular formula is C12H19N3O. The highest BCUT2D eigenvalue weighted by Gasteiger charge is 2.10. The summed E-state index contributed by atoms with van der Waals surface area (Å²) < 4.78 is 0. The third-order valence-corrected chi connectivity index (χ3v) is 2.36. The van der Waals surface area contributed by atoms with Gasteiger partial charge in [-0.25, -0.2) is 4.79 Å². The standard InChI is InChI=1S/C12H19N3O/c1-14(2)12(16)15(3)9-11-6-4-5-10(7-11)8-13/h4-7H,8-9,13H2,1-3H3. The average molecular weight is 221 g/mol. The molecule has 0 unspecified atom stereocenters. The largest absolute Gasteiger partial charge is 0.331 e. The lowest BCUT2D eigenvalue weighted by Gasteiger charge is -2.21. The van der Waals surface area contributed by atoms with E-state index in [4.69, 9.17) is 5.73 Å². The number of carbonyl (C=O) groups excluding carboxylic acids is 1. The molecule has 0 saturated heterocycles. The summed E-state index contributed by atoms with van der Waals surface area (Å²) >= 11 is 0. The normalized spacial score (nSPS) is 10.0.